The van der Waals surface area contributed by atoms with Gasteiger partial charge in [-0.25, -0.2) is 4.98 Å². The van der Waals surface area contributed by atoms with E-state index in [1.165, 1.54) is 0 Å². The molecule has 7 nitrogen and oxygen atoms in total. The lowest BCUT2D eigenvalue weighted by molar-refractivity contribution is 0.0940. The monoisotopic (exact) mass is 402 g/mol. The number of carbonyl (C=O) groups is 1. The molecule has 1 atom stereocenters. The van der Waals surface area contributed by atoms with Crippen molar-refractivity contribution >= 4 is 5.91 Å². The van der Waals surface area contributed by atoms with Crippen LogP contribution in [0.1, 0.15) is 33.5 Å². The third-order valence-corrected chi connectivity index (χ3v) is 4.98. The van der Waals surface area contributed by atoms with Crippen LogP contribution in [0.4, 0.5) is 0 Å². The van der Waals surface area contributed by atoms with Crippen molar-refractivity contribution in [3.63, 3.8) is 0 Å². The Morgan fingerprint density at radius 3 is 2.50 bits per heavy atom. The first-order valence-corrected chi connectivity index (χ1v) is 9.52. The molecule has 0 aliphatic carbocycles. The number of nitrogens with zero attached hydrogens (tertiary/aromatic N) is 3. The number of imidazole rings is 1. The van der Waals surface area contributed by atoms with Crippen molar-refractivity contribution in [3.8, 4) is 17.0 Å². The van der Waals surface area contributed by atoms with Crippen LogP contribution in [0.5, 0.6) is 5.75 Å². The summed E-state index contributed by atoms with van der Waals surface area (Å²) in [7, 11) is 3.51. The van der Waals surface area contributed by atoms with Gasteiger partial charge in [0.05, 0.1) is 7.11 Å². The molecule has 4 aromatic rings. The van der Waals surface area contributed by atoms with Crippen LogP contribution in [-0.2, 0) is 7.05 Å². The van der Waals surface area contributed by atoms with Gasteiger partial charge in [-0.3, -0.25) is 4.79 Å². The Hall–Kier alpha value is -3.87. The maximum absolute atomic E-state index is 13.4. The van der Waals surface area contributed by atoms with Crippen LogP contribution < -0.4 is 10.1 Å². The minimum atomic E-state index is -0.457. The average Bonchev–Trinajstić information content (AvgIpc) is 3.38. The van der Waals surface area contributed by atoms with Gasteiger partial charge in [-0.2, -0.15) is 0 Å². The quantitative estimate of drug-likeness (QED) is 0.529. The van der Waals surface area contributed by atoms with E-state index in [0.29, 0.717) is 22.8 Å². The maximum Gasteiger partial charge on any atom is 0.258 e. The molecule has 0 saturated carbocycles. The van der Waals surface area contributed by atoms with Crippen LogP contribution in [0.3, 0.4) is 0 Å². The predicted octanol–water partition coefficient (Wildman–Crippen LogP) is 3.91. The number of amides is 1. The fourth-order valence-electron chi connectivity index (χ4n) is 3.38. The van der Waals surface area contributed by atoms with Crippen molar-refractivity contribution in [1.82, 2.24) is 20.0 Å². The zero-order chi connectivity index (χ0) is 21.1. The van der Waals surface area contributed by atoms with Crippen LogP contribution in [0, 0.1) is 6.92 Å². The lowest BCUT2D eigenvalue weighted by Gasteiger charge is -2.19. The lowest BCUT2D eigenvalue weighted by atomic mass is 10.0. The lowest BCUT2D eigenvalue weighted by Crippen LogP contribution is -2.31. The molecule has 30 heavy (non-hydrogen) atoms. The first-order chi connectivity index (χ1) is 14.6. The molecule has 1 N–H and O–H groups in total. The molecule has 1 amide bonds. The summed E-state index contributed by atoms with van der Waals surface area (Å²) in [5.41, 5.74) is 2.62. The highest BCUT2D eigenvalue weighted by Gasteiger charge is 2.27. The van der Waals surface area contributed by atoms with Crippen LogP contribution in [0.15, 0.2) is 71.5 Å². The molecule has 4 rings (SSSR count). The zero-order valence-corrected chi connectivity index (χ0v) is 17.0. The van der Waals surface area contributed by atoms with Crippen molar-refractivity contribution < 1.29 is 14.1 Å². The first kappa shape index (κ1) is 19.4. The molecule has 2 aromatic carbocycles. The second kappa shape index (κ2) is 8.24. The van der Waals surface area contributed by atoms with Crippen molar-refractivity contribution in [1.29, 1.82) is 0 Å². The Bertz CT molecular complexity index is 1150. The van der Waals surface area contributed by atoms with Crippen LogP contribution in [-0.4, -0.2) is 27.7 Å². The molecule has 2 aromatic heterocycles. The Labute approximate surface area is 174 Å². The Balaban J connectivity index is 1.71. The van der Waals surface area contributed by atoms with Crippen molar-refractivity contribution in [2.75, 3.05) is 7.11 Å². The number of benzene rings is 2. The Kier molecular flexibility index (Phi) is 5.34. The van der Waals surface area contributed by atoms with Crippen molar-refractivity contribution in [2.45, 2.75) is 13.0 Å². The van der Waals surface area contributed by atoms with E-state index >= 15 is 0 Å². The number of methoxy groups -OCH3 is 1. The van der Waals surface area contributed by atoms with Gasteiger partial charge in [-0.15, -0.1) is 0 Å². The van der Waals surface area contributed by atoms with E-state index in [1.807, 2.05) is 72.4 Å². The molecule has 7 heteroatoms. The van der Waals surface area contributed by atoms with Gasteiger partial charge in [0.2, 0.25) is 0 Å². The fraction of sp³-hybridized carbons (Fsp3) is 0.174. The van der Waals surface area contributed by atoms with Crippen molar-refractivity contribution in [2.24, 2.45) is 7.05 Å². The molecule has 0 aliphatic rings. The molecule has 0 aliphatic heterocycles. The summed E-state index contributed by atoms with van der Waals surface area (Å²) in [6.45, 7) is 1.73. The molecular formula is C23H22N4O3. The van der Waals surface area contributed by atoms with Crippen LogP contribution >= 0.6 is 0 Å². The third-order valence-electron chi connectivity index (χ3n) is 4.98. The van der Waals surface area contributed by atoms with E-state index in [4.69, 9.17) is 9.26 Å². The number of nitrogens with one attached hydrogen (secondary N) is 1. The van der Waals surface area contributed by atoms with E-state index in [1.54, 1.807) is 20.2 Å². The highest BCUT2D eigenvalue weighted by molar-refractivity contribution is 6.01. The molecule has 0 fully saturated rings. The highest BCUT2D eigenvalue weighted by atomic mass is 16.5. The van der Waals surface area contributed by atoms with Crippen LogP contribution in [0.25, 0.3) is 11.3 Å². The smallest absolute Gasteiger partial charge is 0.258 e. The molecular weight excluding hydrogens is 380 g/mol. The topological polar surface area (TPSA) is 82.2 Å². The van der Waals surface area contributed by atoms with Gasteiger partial charge in [0.15, 0.2) is 0 Å². The predicted molar refractivity (Wildman–Crippen MR) is 112 cm³/mol. The van der Waals surface area contributed by atoms with Gasteiger partial charge in [-0.1, -0.05) is 47.6 Å². The Morgan fingerprint density at radius 2 is 1.87 bits per heavy atom. The van der Waals surface area contributed by atoms with E-state index in [2.05, 4.69) is 15.5 Å². The number of aromatic nitrogens is 3. The van der Waals surface area contributed by atoms with E-state index in [9.17, 15) is 4.79 Å². The molecule has 0 spiro atoms. The summed E-state index contributed by atoms with van der Waals surface area (Å²) < 4.78 is 12.5. The maximum atomic E-state index is 13.4. The molecule has 0 bridgehead atoms. The molecule has 0 radical (unpaired) electrons. The minimum absolute atomic E-state index is 0.281. The van der Waals surface area contributed by atoms with E-state index < -0.39 is 6.04 Å². The third kappa shape index (κ3) is 3.69. The number of rotatable bonds is 6. The van der Waals surface area contributed by atoms with Crippen molar-refractivity contribution in [3.05, 3.63) is 89.7 Å². The summed E-state index contributed by atoms with van der Waals surface area (Å²) in [5, 5.41) is 7.22. The zero-order valence-electron chi connectivity index (χ0n) is 17.0. The van der Waals surface area contributed by atoms with E-state index in [0.717, 1.165) is 16.9 Å². The summed E-state index contributed by atoms with van der Waals surface area (Å²) >= 11 is 0. The molecule has 1 unspecified atom stereocenters. The first-order valence-electron chi connectivity index (χ1n) is 9.52. The van der Waals surface area contributed by atoms with Gasteiger partial charge >= 0.3 is 0 Å². The number of hydrogen-bond acceptors (Lipinski definition) is 5. The van der Waals surface area contributed by atoms with Crippen LogP contribution in [0.2, 0.25) is 0 Å². The molecule has 152 valence electrons. The van der Waals surface area contributed by atoms with Gasteiger partial charge < -0.3 is 19.1 Å². The minimum Gasteiger partial charge on any atom is -0.497 e. The summed E-state index contributed by atoms with van der Waals surface area (Å²) in [6, 6.07) is 16.6. The average molecular weight is 402 g/mol. The van der Waals surface area contributed by atoms with Gasteiger partial charge in [-0.05, 0) is 24.6 Å². The molecule has 0 saturated heterocycles. The largest absolute Gasteiger partial charge is 0.497 e. The normalized spacial score (nSPS) is 11.8. The van der Waals surface area contributed by atoms with Gasteiger partial charge in [0.1, 0.15) is 34.6 Å². The standard InChI is InChI=1S/C23H22N4O3/c1-15-19(20(26-30-15)16-7-5-4-6-8-16)23(28)25-21(22-24-13-14-27(22)2)17-9-11-18(29-3)12-10-17/h4-14,21H,1-3H3,(H,25,28). The highest BCUT2D eigenvalue weighted by Crippen LogP contribution is 2.28. The Morgan fingerprint density at radius 1 is 1.13 bits per heavy atom. The second-order valence-corrected chi connectivity index (χ2v) is 6.90. The summed E-state index contributed by atoms with van der Waals surface area (Å²) in [5.74, 6) is 1.63. The second-order valence-electron chi connectivity index (χ2n) is 6.90. The van der Waals surface area contributed by atoms with E-state index in [-0.39, 0.29) is 5.91 Å². The number of ether oxygens (including phenoxy) is 1. The summed E-state index contributed by atoms with van der Waals surface area (Å²) in [6.07, 6.45) is 3.55. The number of hydrogen-bond donors (Lipinski definition) is 1. The molecule has 2 heterocycles. The SMILES string of the molecule is COc1ccc(C(NC(=O)c2c(-c3ccccc3)noc2C)c2nccn2C)cc1. The van der Waals surface area contributed by atoms with Gasteiger partial charge in [0.25, 0.3) is 5.91 Å². The fourth-order valence-corrected chi connectivity index (χ4v) is 3.38. The summed E-state index contributed by atoms with van der Waals surface area (Å²) in [4.78, 5) is 17.8. The number of carbonyl (C=O) groups excluding carboxylic acids is 1. The van der Waals surface area contributed by atoms with Gasteiger partial charge in [0, 0.05) is 25.0 Å². The number of aryl methyl sites for hydroxylation is 2.